The van der Waals surface area contributed by atoms with Crippen LogP contribution in [0.2, 0.25) is 5.02 Å². The summed E-state index contributed by atoms with van der Waals surface area (Å²) in [6.07, 6.45) is 1.24. The Morgan fingerprint density at radius 2 is 1.59 bits per heavy atom. The number of nitrogens with zero attached hydrogens (tertiary/aromatic N) is 2. The Bertz CT molecular complexity index is 1340. The Morgan fingerprint density at radius 1 is 0.912 bits per heavy atom. The first kappa shape index (κ1) is 24.6. The maximum Gasteiger partial charge on any atom is 0.272 e. The molecule has 3 aromatic carbocycles. The van der Waals surface area contributed by atoms with Gasteiger partial charge in [-0.3, -0.25) is 29.8 Å². The predicted octanol–water partition coefficient (Wildman–Crippen LogP) is 5.33. The van der Waals surface area contributed by atoms with E-state index in [1.165, 1.54) is 36.4 Å². The van der Waals surface area contributed by atoms with Gasteiger partial charge in [0.1, 0.15) is 5.70 Å². The molecule has 3 aromatic rings. The van der Waals surface area contributed by atoms with E-state index in [1.807, 2.05) is 0 Å². The van der Waals surface area contributed by atoms with Crippen LogP contribution in [0.3, 0.4) is 0 Å². The first-order valence-electron chi connectivity index (χ1n) is 9.43. The van der Waals surface area contributed by atoms with Gasteiger partial charge in [-0.05, 0) is 45.8 Å². The quantitative estimate of drug-likeness (QED) is 0.233. The first-order valence-corrected chi connectivity index (χ1v) is 10.6. The Morgan fingerprint density at radius 3 is 2.26 bits per heavy atom. The number of hydrogen-bond donors (Lipinski definition) is 2. The number of para-hydroxylation sites is 1. The highest BCUT2D eigenvalue weighted by atomic mass is 79.9. The number of amides is 2. The minimum atomic E-state index is -0.882. The summed E-state index contributed by atoms with van der Waals surface area (Å²) in [6.45, 7) is 0. The summed E-state index contributed by atoms with van der Waals surface area (Å²) in [6, 6.07) is 15.5. The van der Waals surface area contributed by atoms with Crippen LogP contribution in [0.5, 0.6) is 0 Å². The van der Waals surface area contributed by atoms with Crippen LogP contribution in [0.1, 0.15) is 15.9 Å². The van der Waals surface area contributed by atoms with Gasteiger partial charge >= 0.3 is 0 Å². The second-order valence-electron chi connectivity index (χ2n) is 6.72. The maximum absolute atomic E-state index is 13.0. The molecule has 0 fully saturated rings. The summed E-state index contributed by atoms with van der Waals surface area (Å²) in [4.78, 5) is 46.8. The lowest BCUT2D eigenvalue weighted by Crippen LogP contribution is -2.31. The van der Waals surface area contributed by atoms with E-state index in [4.69, 9.17) is 11.6 Å². The number of benzene rings is 3. The van der Waals surface area contributed by atoms with Crippen LogP contribution in [0.25, 0.3) is 6.08 Å². The monoisotopic (exact) mass is 544 g/mol. The summed E-state index contributed by atoms with van der Waals surface area (Å²) in [5.74, 6) is -1.62. The van der Waals surface area contributed by atoms with E-state index < -0.39 is 21.7 Å². The van der Waals surface area contributed by atoms with Gasteiger partial charge in [0.15, 0.2) is 0 Å². The number of nitro groups is 2. The molecular weight excluding hydrogens is 532 g/mol. The largest absolute Gasteiger partial charge is 0.320 e. The van der Waals surface area contributed by atoms with E-state index >= 15 is 0 Å². The van der Waals surface area contributed by atoms with Crippen molar-refractivity contribution < 1.29 is 19.4 Å². The number of rotatable bonds is 7. The number of carbonyl (C=O) groups excluding carboxylic acids is 2. The summed E-state index contributed by atoms with van der Waals surface area (Å²) >= 11 is 9.35. The van der Waals surface area contributed by atoms with Gasteiger partial charge < -0.3 is 10.6 Å². The molecule has 0 atom stereocenters. The number of carbonyl (C=O) groups is 2. The number of anilines is 1. The summed E-state index contributed by atoms with van der Waals surface area (Å²) in [5.41, 5.74) is -0.417. The molecule has 0 aromatic heterocycles. The molecule has 2 N–H and O–H groups in total. The van der Waals surface area contributed by atoms with Crippen LogP contribution < -0.4 is 10.6 Å². The zero-order valence-electron chi connectivity index (χ0n) is 17.0. The SMILES string of the molecule is O=C(Nc1ccccc1Br)/C(=C/c1cccc([N+](=O)[O-])c1)NC(=O)c1cc([N+](=O)[O-])ccc1Cl. The van der Waals surface area contributed by atoms with Gasteiger partial charge in [-0.1, -0.05) is 35.9 Å². The minimum Gasteiger partial charge on any atom is -0.320 e. The third-order valence-electron chi connectivity index (χ3n) is 4.41. The molecule has 0 spiro atoms. The van der Waals surface area contributed by atoms with Gasteiger partial charge in [0, 0.05) is 28.7 Å². The van der Waals surface area contributed by atoms with Crippen LogP contribution in [0.15, 0.2) is 76.9 Å². The molecule has 0 unspecified atom stereocenters. The summed E-state index contributed by atoms with van der Waals surface area (Å²) in [5, 5.41) is 27.1. The second kappa shape index (κ2) is 10.7. The molecule has 0 radical (unpaired) electrons. The molecule has 0 bridgehead atoms. The molecule has 3 rings (SSSR count). The van der Waals surface area contributed by atoms with Crippen molar-refractivity contribution in [2.45, 2.75) is 0 Å². The Balaban J connectivity index is 2.00. The first-order chi connectivity index (χ1) is 16.2. The van der Waals surface area contributed by atoms with Crippen LogP contribution in [0.4, 0.5) is 17.1 Å². The molecule has 12 heteroatoms. The Labute approximate surface area is 205 Å². The van der Waals surface area contributed by atoms with Crippen molar-refractivity contribution in [3.05, 3.63) is 113 Å². The Hall–Kier alpha value is -4.09. The van der Waals surface area contributed by atoms with Crippen molar-refractivity contribution in [1.82, 2.24) is 5.32 Å². The van der Waals surface area contributed by atoms with Crippen LogP contribution in [0, 0.1) is 20.2 Å². The molecule has 0 aliphatic rings. The van der Waals surface area contributed by atoms with Gasteiger partial charge in [0.2, 0.25) is 0 Å². The lowest BCUT2D eigenvalue weighted by atomic mass is 10.1. The van der Waals surface area contributed by atoms with Crippen molar-refractivity contribution >= 4 is 62.5 Å². The molecule has 2 amide bonds. The van der Waals surface area contributed by atoms with E-state index in [2.05, 4.69) is 26.6 Å². The molecule has 0 aliphatic heterocycles. The molecule has 0 aliphatic carbocycles. The predicted molar refractivity (Wildman–Crippen MR) is 129 cm³/mol. The number of nitrogens with one attached hydrogen (secondary N) is 2. The average molecular weight is 546 g/mol. The number of halogens is 2. The maximum atomic E-state index is 13.0. The molecular formula is C22H14BrClN4O6. The van der Waals surface area contributed by atoms with Crippen LogP contribution in [-0.4, -0.2) is 21.7 Å². The lowest BCUT2D eigenvalue weighted by molar-refractivity contribution is -0.385. The fraction of sp³-hybridized carbons (Fsp3) is 0. The highest BCUT2D eigenvalue weighted by Crippen LogP contribution is 2.24. The summed E-state index contributed by atoms with van der Waals surface area (Å²) < 4.78 is 0.575. The molecule has 10 nitrogen and oxygen atoms in total. The second-order valence-corrected chi connectivity index (χ2v) is 7.98. The van der Waals surface area contributed by atoms with Crippen molar-refractivity contribution in [2.75, 3.05) is 5.32 Å². The van der Waals surface area contributed by atoms with Crippen LogP contribution in [-0.2, 0) is 4.79 Å². The van der Waals surface area contributed by atoms with E-state index in [1.54, 1.807) is 24.3 Å². The van der Waals surface area contributed by atoms with Gasteiger partial charge in [0.25, 0.3) is 23.2 Å². The standard InChI is InChI=1S/C22H14BrClN4O6/c23-17-6-1-2-7-19(17)25-22(30)20(11-13-4-3-5-14(10-13)27(31)32)26-21(29)16-12-15(28(33)34)8-9-18(16)24/h1-12H,(H,25,30)(H,26,29)/b20-11-. The van der Waals surface area contributed by atoms with Gasteiger partial charge in [-0.2, -0.15) is 0 Å². The Kier molecular flexibility index (Phi) is 7.71. The fourth-order valence-electron chi connectivity index (χ4n) is 2.80. The zero-order valence-corrected chi connectivity index (χ0v) is 19.4. The number of nitro benzene ring substituents is 2. The molecule has 0 saturated heterocycles. The number of hydrogen-bond acceptors (Lipinski definition) is 6. The topological polar surface area (TPSA) is 144 Å². The third-order valence-corrected chi connectivity index (χ3v) is 5.43. The third kappa shape index (κ3) is 6.03. The summed E-state index contributed by atoms with van der Waals surface area (Å²) in [7, 11) is 0. The van der Waals surface area contributed by atoms with E-state index in [-0.39, 0.29) is 33.2 Å². The highest BCUT2D eigenvalue weighted by Gasteiger charge is 2.20. The van der Waals surface area contributed by atoms with Crippen molar-refractivity contribution in [3.63, 3.8) is 0 Å². The van der Waals surface area contributed by atoms with E-state index in [9.17, 15) is 29.8 Å². The molecule has 172 valence electrons. The molecule has 0 saturated carbocycles. The van der Waals surface area contributed by atoms with Crippen LogP contribution >= 0.6 is 27.5 Å². The lowest BCUT2D eigenvalue weighted by Gasteiger charge is -2.13. The van der Waals surface area contributed by atoms with E-state index in [0.29, 0.717) is 10.2 Å². The van der Waals surface area contributed by atoms with Gasteiger partial charge in [-0.25, -0.2) is 0 Å². The van der Waals surface area contributed by atoms with Gasteiger partial charge in [0.05, 0.1) is 26.1 Å². The van der Waals surface area contributed by atoms with Gasteiger partial charge in [-0.15, -0.1) is 0 Å². The fourth-order valence-corrected chi connectivity index (χ4v) is 3.38. The average Bonchev–Trinajstić information content (AvgIpc) is 2.80. The van der Waals surface area contributed by atoms with Crippen molar-refractivity contribution in [2.24, 2.45) is 0 Å². The highest BCUT2D eigenvalue weighted by molar-refractivity contribution is 9.10. The normalized spacial score (nSPS) is 10.9. The van der Waals surface area contributed by atoms with Crippen molar-refractivity contribution in [3.8, 4) is 0 Å². The smallest absolute Gasteiger partial charge is 0.272 e. The molecule has 0 heterocycles. The molecule has 34 heavy (non-hydrogen) atoms. The van der Waals surface area contributed by atoms with E-state index in [0.717, 1.165) is 12.1 Å². The number of non-ortho nitro benzene ring substituents is 2. The minimum absolute atomic E-state index is 0.0657. The van der Waals surface area contributed by atoms with Crippen molar-refractivity contribution in [1.29, 1.82) is 0 Å². The zero-order chi connectivity index (χ0) is 24.8.